The maximum Gasteiger partial charge on any atom is 0.119 e. The van der Waals surface area contributed by atoms with E-state index in [4.69, 9.17) is 4.74 Å². The van der Waals surface area contributed by atoms with Gasteiger partial charge in [0.25, 0.3) is 0 Å². The van der Waals surface area contributed by atoms with Gasteiger partial charge in [-0.3, -0.25) is 0 Å². The largest absolute Gasteiger partial charge is 0.497 e. The van der Waals surface area contributed by atoms with Crippen LogP contribution in [0.4, 0.5) is 0 Å². The average Bonchev–Trinajstić information content (AvgIpc) is 2.67. The van der Waals surface area contributed by atoms with Gasteiger partial charge in [0.1, 0.15) is 5.75 Å². The van der Waals surface area contributed by atoms with Crippen LogP contribution in [-0.2, 0) is 5.41 Å². The van der Waals surface area contributed by atoms with Crippen LogP contribution in [0.3, 0.4) is 0 Å². The molecule has 0 amide bonds. The Labute approximate surface area is 124 Å². The molecule has 112 valence electrons. The van der Waals surface area contributed by atoms with Gasteiger partial charge in [0.05, 0.1) is 7.11 Å². The van der Waals surface area contributed by atoms with Gasteiger partial charge in [-0.25, -0.2) is 0 Å². The second-order valence-corrected chi connectivity index (χ2v) is 6.31. The fourth-order valence-electron chi connectivity index (χ4n) is 3.57. The molecule has 1 aromatic carbocycles. The lowest BCUT2D eigenvalue weighted by atomic mass is 9.73. The third-order valence-corrected chi connectivity index (χ3v) is 4.71. The van der Waals surface area contributed by atoms with Crippen LogP contribution < -0.4 is 4.74 Å². The number of benzene rings is 1. The molecule has 1 fully saturated rings. The molecular formula is C18H29NO. The van der Waals surface area contributed by atoms with Crippen molar-refractivity contribution in [2.24, 2.45) is 0 Å². The van der Waals surface area contributed by atoms with E-state index < -0.39 is 0 Å². The van der Waals surface area contributed by atoms with Crippen LogP contribution in [0.25, 0.3) is 0 Å². The number of rotatable bonds is 5. The lowest BCUT2D eigenvalue weighted by Crippen LogP contribution is -2.37. The summed E-state index contributed by atoms with van der Waals surface area (Å²) in [6, 6.07) is 8.76. The Bertz CT molecular complexity index is 418. The summed E-state index contributed by atoms with van der Waals surface area (Å²) in [7, 11) is 4.03. The van der Waals surface area contributed by atoms with E-state index in [1.807, 2.05) is 0 Å². The number of ether oxygens (including phenoxy) is 1. The average molecular weight is 275 g/mol. The predicted molar refractivity (Wildman–Crippen MR) is 85.5 cm³/mol. The highest BCUT2D eigenvalue weighted by atomic mass is 16.5. The van der Waals surface area contributed by atoms with Crippen molar-refractivity contribution >= 4 is 0 Å². The Kier molecular flexibility index (Phi) is 5.47. The summed E-state index contributed by atoms with van der Waals surface area (Å²) in [5.74, 6) is 0.991. The minimum Gasteiger partial charge on any atom is -0.497 e. The first-order valence-electron chi connectivity index (χ1n) is 8.03. The highest BCUT2D eigenvalue weighted by molar-refractivity contribution is 5.34. The number of likely N-dealkylation sites (tertiary alicyclic amines) is 1. The fourth-order valence-corrected chi connectivity index (χ4v) is 3.57. The lowest BCUT2D eigenvalue weighted by molar-refractivity contribution is 0.246. The van der Waals surface area contributed by atoms with Gasteiger partial charge >= 0.3 is 0 Å². The van der Waals surface area contributed by atoms with E-state index in [2.05, 4.69) is 43.1 Å². The van der Waals surface area contributed by atoms with Crippen LogP contribution in [0.2, 0.25) is 0 Å². The molecule has 1 aliphatic heterocycles. The predicted octanol–water partition coefficient (Wildman–Crippen LogP) is 4.24. The molecule has 2 rings (SSSR count). The van der Waals surface area contributed by atoms with Crippen LogP contribution in [-0.4, -0.2) is 32.1 Å². The van der Waals surface area contributed by atoms with Gasteiger partial charge in [0.15, 0.2) is 0 Å². The van der Waals surface area contributed by atoms with Crippen LogP contribution in [0, 0.1) is 0 Å². The fraction of sp³-hybridized carbons (Fsp3) is 0.667. The number of hydrogen-bond donors (Lipinski definition) is 0. The van der Waals surface area contributed by atoms with Crippen molar-refractivity contribution in [3.63, 3.8) is 0 Å². The quantitative estimate of drug-likeness (QED) is 0.797. The maximum atomic E-state index is 5.44. The molecule has 1 saturated heterocycles. The Morgan fingerprint density at radius 1 is 1.30 bits per heavy atom. The number of likely N-dealkylation sites (N-methyl/N-ethyl adjacent to an activating group) is 1. The van der Waals surface area contributed by atoms with E-state index >= 15 is 0 Å². The molecule has 0 spiro atoms. The second-order valence-electron chi connectivity index (χ2n) is 6.31. The third-order valence-electron chi connectivity index (χ3n) is 4.71. The lowest BCUT2D eigenvalue weighted by Gasteiger charge is -2.36. The van der Waals surface area contributed by atoms with Crippen molar-refractivity contribution in [1.82, 2.24) is 4.90 Å². The first-order chi connectivity index (χ1) is 9.70. The Morgan fingerprint density at radius 3 is 2.90 bits per heavy atom. The molecule has 0 saturated carbocycles. The minimum absolute atomic E-state index is 0.315. The normalized spacial score (nSPS) is 24.4. The molecule has 2 nitrogen and oxygen atoms in total. The zero-order valence-corrected chi connectivity index (χ0v) is 13.3. The van der Waals surface area contributed by atoms with E-state index in [9.17, 15) is 0 Å². The molecule has 1 aliphatic rings. The van der Waals surface area contributed by atoms with Gasteiger partial charge in [-0.2, -0.15) is 0 Å². The summed E-state index contributed by atoms with van der Waals surface area (Å²) in [6.45, 7) is 4.71. The van der Waals surface area contributed by atoms with Crippen LogP contribution >= 0.6 is 0 Å². The number of unbranched alkanes of at least 4 members (excludes halogenated alkanes) is 1. The number of nitrogens with zero attached hydrogens (tertiary/aromatic N) is 1. The smallest absolute Gasteiger partial charge is 0.119 e. The molecule has 1 unspecified atom stereocenters. The van der Waals surface area contributed by atoms with Gasteiger partial charge < -0.3 is 9.64 Å². The molecule has 0 aliphatic carbocycles. The van der Waals surface area contributed by atoms with Crippen LogP contribution in [0.1, 0.15) is 51.0 Å². The summed E-state index contributed by atoms with van der Waals surface area (Å²) in [5, 5.41) is 0. The number of methoxy groups -OCH3 is 1. The van der Waals surface area contributed by atoms with Crippen LogP contribution in [0.5, 0.6) is 5.75 Å². The Balaban J connectivity index is 2.33. The van der Waals surface area contributed by atoms with E-state index in [-0.39, 0.29) is 0 Å². The highest BCUT2D eigenvalue weighted by Crippen LogP contribution is 2.39. The molecule has 20 heavy (non-hydrogen) atoms. The maximum absolute atomic E-state index is 5.44. The standard InChI is InChI=1S/C18H29NO/c1-4-5-11-18(12-6-7-13-19(2)15-18)16-9-8-10-17(14-16)20-3/h8-10,14H,4-7,11-13,15H2,1-3H3. The summed E-state index contributed by atoms with van der Waals surface area (Å²) < 4.78 is 5.44. The number of hydrogen-bond acceptors (Lipinski definition) is 2. The van der Waals surface area contributed by atoms with Crippen molar-refractivity contribution in [1.29, 1.82) is 0 Å². The molecule has 0 aromatic heterocycles. The third kappa shape index (κ3) is 3.54. The minimum atomic E-state index is 0.315. The first-order valence-corrected chi connectivity index (χ1v) is 8.03. The van der Waals surface area contributed by atoms with Gasteiger partial charge in [0, 0.05) is 12.0 Å². The summed E-state index contributed by atoms with van der Waals surface area (Å²) in [5.41, 5.74) is 1.79. The molecule has 2 heteroatoms. The highest BCUT2D eigenvalue weighted by Gasteiger charge is 2.34. The van der Waals surface area contributed by atoms with E-state index in [1.165, 1.54) is 57.2 Å². The van der Waals surface area contributed by atoms with Crippen molar-refractivity contribution in [3.8, 4) is 5.75 Å². The van der Waals surface area contributed by atoms with Crippen molar-refractivity contribution in [2.75, 3.05) is 27.2 Å². The first kappa shape index (κ1) is 15.4. The Hall–Kier alpha value is -1.02. The van der Waals surface area contributed by atoms with E-state index in [0.717, 1.165) is 5.75 Å². The van der Waals surface area contributed by atoms with Gasteiger partial charge in [-0.15, -0.1) is 0 Å². The van der Waals surface area contributed by atoms with Crippen LogP contribution in [0.15, 0.2) is 24.3 Å². The molecule has 1 aromatic rings. The zero-order chi connectivity index (χ0) is 14.4. The van der Waals surface area contributed by atoms with Crippen molar-refractivity contribution < 1.29 is 4.74 Å². The molecule has 1 atom stereocenters. The zero-order valence-electron chi connectivity index (χ0n) is 13.3. The monoisotopic (exact) mass is 275 g/mol. The van der Waals surface area contributed by atoms with Crippen molar-refractivity contribution in [2.45, 2.75) is 50.9 Å². The van der Waals surface area contributed by atoms with Crippen molar-refractivity contribution in [3.05, 3.63) is 29.8 Å². The molecule has 0 bridgehead atoms. The molecular weight excluding hydrogens is 246 g/mol. The SMILES string of the molecule is CCCCC1(c2cccc(OC)c2)CCCCN(C)C1. The van der Waals surface area contributed by atoms with E-state index in [0.29, 0.717) is 5.41 Å². The second kappa shape index (κ2) is 7.12. The van der Waals surface area contributed by atoms with Gasteiger partial charge in [-0.05, 0) is 50.6 Å². The van der Waals surface area contributed by atoms with Gasteiger partial charge in [0.2, 0.25) is 0 Å². The summed E-state index contributed by atoms with van der Waals surface area (Å²) >= 11 is 0. The molecule has 1 heterocycles. The van der Waals surface area contributed by atoms with E-state index in [1.54, 1.807) is 7.11 Å². The molecule has 0 radical (unpaired) electrons. The molecule has 0 N–H and O–H groups in total. The Morgan fingerprint density at radius 2 is 2.15 bits per heavy atom. The van der Waals surface area contributed by atoms with Gasteiger partial charge in [-0.1, -0.05) is 38.3 Å². The topological polar surface area (TPSA) is 12.5 Å². The summed E-state index contributed by atoms with van der Waals surface area (Å²) in [6.07, 6.45) is 7.85. The summed E-state index contributed by atoms with van der Waals surface area (Å²) in [4.78, 5) is 2.52.